The summed E-state index contributed by atoms with van der Waals surface area (Å²) in [6.45, 7) is 12.5. The van der Waals surface area contributed by atoms with Crippen LogP contribution in [0.25, 0.3) is 0 Å². The van der Waals surface area contributed by atoms with E-state index in [2.05, 4.69) is 67.7 Å². The summed E-state index contributed by atoms with van der Waals surface area (Å²) in [5.74, 6) is -0.237. The number of piperidine rings is 1. The van der Waals surface area contributed by atoms with Gasteiger partial charge in [-0.25, -0.2) is 8.70 Å². The van der Waals surface area contributed by atoms with Crippen LogP contribution in [0, 0.1) is 11.2 Å². The van der Waals surface area contributed by atoms with Gasteiger partial charge in [0.25, 0.3) is 0 Å². The fourth-order valence-electron chi connectivity index (χ4n) is 4.93. The Morgan fingerprint density at radius 1 is 1.11 bits per heavy atom. The lowest BCUT2D eigenvalue weighted by Crippen LogP contribution is -2.47. The van der Waals surface area contributed by atoms with Gasteiger partial charge in [-0.3, -0.25) is 0 Å². The molecule has 0 saturated carbocycles. The molecule has 35 heavy (non-hydrogen) atoms. The number of hydrogen-bond acceptors (Lipinski definition) is 5. The Morgan fingerprint density at radius 2 is 1.83 bits per heavy atom. The summed E-state index contributed by atoms with van der Waals surface area (Å²) in [5, 5.41) is 3.48. The van der Waals surface area contributed by atoms with Gasteiger partial charge in [0.05, 0.1) is 6.61 Å². The maximum absolute atomic E-state index is 13.4. The van der Waals surface area contributed by atoms with Crippen molar-refractivity contribution < 1.29 is 9.13 Å². The molecule has 2 aliphatic rings. The van der Waals surface area contributed by atoms with Crippen LogP contribution in [0.2, 0.25) is 0 Å². The van der Waals surface area contributed by atoms with E-state index in [9.17, 15) is 4.39 Å². The summed E-state index contributed by atoms with van der Waals surface area (Å²) in [6, 6.07) is 15.5. The van der Waals surface area contributed by atoms with E-state index in [0.717, 1.165) is 37.3 Å². The predicted octanol–water partition coefficient (Wildman–Crippen LogP) is 6.51. The highest BCUT2D eigenvalue weighted by atomic mass is 32.2. The maximum atomic E-state index is 13.4. The number of ether oxygens (including phenoxy) is 1. The summed E-state index contributed by atoms with van der Waals surface area (Å²) in [5.41, 5.74) is 12.2. The number of benzene rings is 2. The minimum Gasteiger partial charge on any atom is -0.381 e. The number of nitrogens with one attached hydrogen (secondary N) is 1. The van der Waals surface area contributed by atoms with Gasteiger partial charge in [0, 0.05) is 47.9 Å². The molecule has 1 saturated heterocycles. The number of fused-ring (bicyclic) bond motifs is 1. The normalized spacial score (nSPS) is 21.0. The molecule has 0 amide bonds. The summed E-state index contributed by atoms with van der Waals surface area (Å²) >= 11 is 1.84. The smallest absolute Gasteiger partial charge is 0.123 e. The van der Waals surface area contributed by atoms with Gasteiger partial charge in [-0.15, -0.1) is 0 Å². The van der Waals surface area contributed by atoms with Crippen LogP contribution < -0.4 is 11.1 Å². The zero-order valence-electron chi connectivity index (χ0n) is 21.4. The number of anilines is 1. The molecule has 3 N–H and O–H groups in total. The lowest BCUT2D eigenvalue weighted by Gasteiger charge is -2.47. The Balaban J connectivity index is 1.54. The van der Waals surface area contributed by atoms with Crippen LogP contribution >= 0.6 is 11.9 Å². The number of halogens is 1. The van der Waals surface area contributed by atoms with Crippen LogP contribution in [0.5, 0.6) is 0 Å². The van der Waals surface area contributed by atoms with Crippen LogP contribution in [0.15, 0.2) is 76.3 Å². The number of hydrogen-bond donors (Lipinski definition) is 2. The molecule has 2 aromatic carbocycles. The Hall–Kier alpha value is -2.12. The summed E-state index contributed by atoms with van der Waals surface area (Å²) in [7, 11) is 0. The molecule has 0 aromatic heterocycles. The van der Waals surface area contributed by atoms with Crippen molar-refractivity contribution in [2.75, 3.05) is 38.2 Å². The van der Waals surface area contributed by atoms with Crippen molar-refractivity contribution in [3.63, 3.8) is 0 Å². The fourth-order valence-corrected chi connectivity index (χ4v) is 5.98. The molecule has 1 fully saturated rings. The molecule has 1 unspecified atom stereocenters. The van der Waals surface area contributed by atoms with Crippen LogP contribution in [-0.4, -0.2) is 37.2 Å². The van der Waals surface area contributed by atoms with Gasteiger partial charge in [-0.1, -0.05) is 38.5 Å². The van der Waals surface area contributed by atoms with Crippen LogP contribution in [0.3, 0.4) is 0 Å². The Morgan fingerprint density at radius 3 is 2.46 bits per heavy atom. The number of rotatable bonds is 8. The monoisotopic (exact) mass is 495 g/mol. The van der Waals surface area contributed by atoms with E-state index in [1.807, 2.05) is 11.9 Å². The highest BCUT2D eigenvalue weighted by Gasteiger charge is 2.43. The minimum atomic E-state index is -0.237. The molecule has 1 heterocycles. The van der Waals surface area contributed by atoms with E-state index in [-0.39, 0.29) is 16.6 Å². The third kappa shape index (κ3) is 6.18. The zero-order chi connectivity index (χ0) is 25.1. The van der Waals surface area contributed by atoms with Gasteiger partial charge < -0.3 is 15.8 Å². The first kappa shape index (κ1) is 26.0. The molecule has 2 aromatic rings. The standard InChI is InChI=1S/C29H38FN3OS/c1-5-34-20-29-17-21(18-31)27(32-25-10-8-24(30)9-11-25)16-23(29)14-15-33(19-29)35-26-12-6-22(7-13-26)28(2,3)4/h6-13,16,32H,5,14-15,17-20,31H2,1-4H3. The first-order valence-electron chi connectivity index (χ1n) is 12.5. The van der Waals surface area contributed by atoms with E-state index in [1.54, 1.807) is 12.1 Å². The van der Waals surface area contributed by atoms with Crippen LogP contribution in [0.4, 0.5) is 10.1 Å². The molecule has 4 nitrogen and oxygen atoms in total. The van der Waals surface area contributed by atoms with Crippen molar-refractivity contribution in [3.05, 3.63) is 82.8 Å². The third-order valence-corrected chi connectivity index (χ3v) is 8.00. The molecule has 6 heteroatoms. The minimum absolute atomic E-state index is 0.0880. The number of nitrogens with two attached hydrogens (primary N) is 1. The van der Waals surface area contributed by atoms with Crippen LogP contribution in [0.1, 0.15) is 46.1 Å². The van der Waals surface area contributed by atoms with Gasteiger partial charge in [-0.05, 0) is 90.7 Å². The van der Waals surface area contributed by atoms with Crippen molar-refractivity contribution in [2.24, 2.45) is 11.1 Å². The van der Waals surface area contributed by atoms with Gasteiger partial charge in [0.2, 0.25) is 0 Å². The van der Waals surface area contributed by atoms with Crippen molar-refractivity contribution in [1.29, 1.82) is 0 Å². The highest BCUT2D eigenvalue weighted by molar-refractivity contribution is 7.97. The van der Waals surface area contributed by atoms with Gasteiger partial charge in [-0.2, -0.15) is 0 Å². The van der Waals surface area contributed by atoms with E-state index in [1.165, 1.54) is 33.7 Å². The molecule has 1 aliphatic heterocycles. The van der Waals surface area contributed by atoms with Crippen molar-refractivity contribution in [1.82, 2.24) is 4.31 Å². The zero-order valence-corrected chi connectivity index (χ0v) is 22.2. The van der Waals surface area contributed by atoms with E-state index < -0.39 is 0 Å². The largest absolute Gasteiger partial charge is 0.381 e. The molecule has 1 atom stereocenters. The first-order chi connectivity index (χ1) is 16.7. The summed E-state index contributed by atoms with van der Waals surface area (Å²) in [6.07, 6.45) is 4.11. The topological polar surface area (TPSA) is 50.5 Å². The quantitative estimate of drug-likeness (QED) is 0.409. The lowest BCUT2D eigenvalue weighted by atomic mass is 9.69. The molecular weight excluding hydrogens is 457 g/mol. The molecule has 0 bridgehead atoms. The van der Waals surface area contributed by atoms with E-state index in [0.29, 0.717) is 19.8 Å². The average molecular weight is 496 g/mol. The second kappa shape index (κ2) is 10.9. The van der Waals surface area contributed by atoms with Crippen molar-refractivity contribution >= 4 is 17.6 Å². The number of allylic oxidation sites excluding steroid dienone is 1. The molecule has 0 radical (unpaired) electrons. The maximum Gasteiger partial charge on any atom is 0.123 e. The first-order valence-corrected chi connectivity index (χ1v) is 13.3. The third-order valence-electron chi connectivity index (χ3n) is 6.95. The summed E-state index contributed by atoms with van der Waals surface area (Å²) < 4.78 is 21.9. The SMILES string of the molecule is CCOCC12CC(CN)=C(Nc3ccc(F)cc3)C=C1CCN(Sc1ccc(C(C)(C)C)cc1)C2. The molecule has 188 valence electrons. The highest BCUT2D eigenvalue weighted by Crippen LogP contribution is 2.47. The molecule has 0 spiro atoms. The molecule has 4 rings (SSSR count). The van der Waals surface area contributed by atoms with Gasteiger partial charge >= 0.3 is 0 Å². The summed E-state index contributed by atoms with van der Waals surface area (Å²) in [4.78, 5) is 1.26. The fraction of sp³-hybridized carbons (Fsp3) is 0.448. The second-order valence-electron chi connectivity index (χ2n) is 10.6. The lowest BCUT2D eigenvalue weighted by molar-refractivity contribution is 0.0484. The van der Waals surface area contributed by atoms with E-state index >= 15 is 0 Å². The predicted molar refractivity (Wildman–Crippen MR) is 145 cm³/mol. The average Bonchev–Trinajstić information content (AvgIpc) is 2.84. The number of nitrogens with zero attached hydrogens (tertiary/aromatic N) is 1. The van der Waals surface area contributed by atoms with Crippen LogP contribution in [-0.2, 0) is 10.2 Å². The second-order valence-corrected chi connectivity index (χ2v) is 11.8. The van der Waals surface area contributed by atoms with Crippen molar-refractivity contribution in [3.8, 4) is 0 Å². The Kier molecular flexibility index (Phi) is 8.06. The van der Waals surface area contributed by atoms with Gasteiger partial charge in [0.1, 0.15) is 5.82 Å². The van der Waals surface area contributed by atoms with Gasteiger partial charge in [0.15, 0.2) is 0 Å². The Bertz CT molecular complexity index is 1070. The molecular formula is C29H38FN3OS. The molecule has 1 aliphatic carbocycles. The van der Waals surface area contributed by atoms with E-state index in [4.69, 9.17) is 10.5 Å². The van der Waals surface area contributed by atoms with Crippen molar-refractivity contribution in [2.45, 2.75) is 50.8 Å². The Labute approximate surface area is 213 Å².